The van der Waals surface area contributed by atoms with Crippen LogP contribution >= 0.6 is 11.3 Å². The maximum absolute atomic E-state index is 13.1. The molecule has 0 spiro atoms. The third-order valence-electron chi connectivity index (χ3n) is 3.78. The van der Waals surface area contributed by atoms with E-state index in [9.17, 15) is 9.18 Å². The van der Waals surface area contributed by atoms with Gasteiger partial charge in [-0.3, -0.25) is 10.1 Å². The molecule has 134 valence electrons. The minimum atomic E-state index is -0.302. The molecule has 0 saturated carbocycles. The largest absolute Gasteiger partial charge is 0.493 e. The second-order valence-electron chi connectivity index (χ2n) is 5.45. The molecule has 0 aliphatic carbocycles. The number of hydrogen-bond donors (Lipinski definition) is 1. The molecule has 0 unspecified atom stereocenters. The molecule has 0 saturated heterocycles. The molecule has 7 heteroatoms. The van der Waals surface area contributed by atoms with Crippen molar-refractivity contribution >= 4 is 22.4 Å². The third kappa shape index (κ3) is 3.67. The normalized spacial score (nSPS) is 10.5. The number of halogens is 1. The summed E-state index contributed by atoms with van der Waals surface area (Å²) in [6.45, 7) is 1.91. The summed E-state index contributed by atoms with van der Waals surface area (Å²) in [4.78, 5) is 17.9. The van der Waals surface area contributed by atoms with E-state index < -0.39 is 0 Å². The molecule has 1 amide bonds. The number of aryl methyl sites for hydroxylation is 1. The first kappa shape index (κ1) is 17.9. The molecule has 3 rings (SSSR count). The van der Waals surface area contributed by atoms with Gasteiger partial charge in [0.05, 0.1) is 19.9 Å². The zero-order chi connectivity index (χ0) is 18.7. The van der Waals surface area contributed by atoms with Crippen molar-refractivity contribution in [2.24, 2.45) is 0 Å². The van der Waals surface area contributed by atoms with Crippen LogP contribution in [0.25, 0.3) is 11.3 Å². The van der Waals surface area contributed by atoms with Crippen molar-refractivity contribution in [3.8, 4) is 22.8 Å². The Morgan fingerprint density at radius 2 is 1.77 bits per heavy atom. The fourth-order valence-corrected chi connectivity index (χ4v) is 3.30. The number of thiazole rings is 1. The molecule has 1 N–H and O–H groups in total. The van der Waals surface area contributed by atoms with Crippen molar-refractivity contribution in [2.45, 2.75) is 6.92 Å². The fourth-order valence-electron chi connectivity index (χ4n) is 2.47. The molecule has 0 aliphatic rings. The molecule has 0 bridgehead atoms. The van der Waals surface area contributed by atoms with Crippen LogP contribution in [0.4, 0.5) is 9.52 Å². The van der Waals surface area contributed by atoms with Gasteiger partial charge in [-0.2, -0.15) is 0 Å². The average Bonchev–Trinajstić information content (AvgIpc) is 3.01. The zero-order valence-electron chi connectivity index (χ0n) is 14.5. The van der Waals surface area contributed by atoms with E-state index in [4.69, 9.17) is 9.47 Å². The van der Waals surface area contributed by atoms with Crippen LogP contribution in [0, 0.1) is 12.7 Å². The second-order valence-corrected chi connectivity index (χ2v) is 6.66. The number of nitrogens with one attached hydrogen (secondary N) is 1. The fraction of sp³-hybridized carbons (Fsp3) is 0.158. The maximum Gasteiger partial charge on any atom is 0.257 e. The van der Waals surface area contributed by atoms with Crippen LogP contribution in [0.2, 0.25) is 0 Å². The van der Waals surface area contributed by atoms with E-state index in [1.165, 1.54) is 37.7 Å². The van der Waals surface area contributed by atoms with Gasteiger partial charge in [0, 0.05) is 16.0 Å². The molecule has 5 nitrogen and oxygen atoms in total. The predicted octanol–water partition coefficient (Wildman–Crippen LogP) is 4.53. The van der Waals surface area contributed by atoms with Gasteiger partial charge in [-0.15, -0.1) is 11.3 Å². The summed E-state index contributed by atoms with van der Waals surface area (Å²) in [5.41, 5.74) is 1.95. The highest BCUT2D eigenvalue weighted by atomic mass is 32.1. The first-order valence-electron chi connectivity index (χ1n) is 7.78. The van der Waals surface area contributed by atoms with Gasteiger partial charge in [-0.1, -0.05) is 0 Å². The summed E-state index contributed by atoms with van der Waals surface area (Å²) in [5, 5.41) is 3.26. The summed E-state index contributed by atoms with van der Waals surface area (Å²) in [6, 6.07) is 11.0. The van der Waals surface area contributed by atoms with Gasteiger partial charge in [0.25, 0.3) is 5.91 Å². The first-order valence-corrected chi connectivity index (χ1v) is 8.60. The predicted molar refractivity (Wildman–Crippen MR) is 99.7 cm³/mol. The van der Waals surface area contributed by atoms with E-state index in [0.717, 1.165) is 16.1 Å². The lowest BCUT2D eigenvalue weighted by Crippen LogP contribution is -2.12. The maximum atomic E-state index is 13.1. The van der Waals surface area contributed by atoms with Crippen LogP contribution < -0.4 is 14.8 Å². The number of carbonyl (C=O) groups excluding carboxylic acids is 1. The highest BCUT2D eigenvalue weighted by Crippen LogP contribution is 2.31. The Hall–Kier alpha value is -2.93. The van der Waals surface area contributed by atoms with Crippen LogP contribution in [0.15, 0.2) is 42.5 Å². The molecular formula is C19H17FN2O3S. The van der Waals surface area contributed by atoms with E-state index in [0.29, 0.717) is 22.2 Å². The summed E-state index contributed by atoms with van der Waals surface area (Å²) >= 11 is 1.36. The number of carbonyl (C=O) groups is 1. The van der Waals surface area contributed by atoms with Gasteiger partial charge >= 0.3 is 0 Å². The third-order valence-corrected chi connectivity index (χ3v) is 4.67. The van der Waals surface area contributed by atoms with Gasteiger partial charge in [-0.05, 0) is 49.4 Å². The van der Waals surface area contributed by atoms with Gasteiger partial charge in [0.15, 0.2) is 16.6 Å². The molecular weight excluding hydrogens is 355 g/mol. The van der Waals surface area contributed by atoms with E-state index in [1.807, 2.05) is 6.92 Å². The number of methoxy groups -OCH3 is 2. The van der Waals surface area contributed by atoms with E-state index >= 15 is 0 Å². The summed E-state index contributed by atoms with van der Waals surface area (Å²) < 4.78 is 23.5. The van der Waals surface area contributed by atoms with Crippen LogP contribution in [0.3, 0.4) is 0 Å². The molecule has 0 fully saturated rings. The van der Waals surface area contributed by atoms with Crippen molar-refractivity contribution in [1.82, 2.24) is 4.98 Å². The quantitative estimate of drug-likeness (QED) is 0.715. The van der Waals surface area contributed by atoms with Gasteiger partial charge in [-0.25, -0.2) is 9.37 Å². The number of benzene rings is 2. The number of anilines is 1. The molecule has 2 aromatic carbocycles. The average molecular weight is 372 g/mol. The SMILES string of the molecule is COc1ccc(C(=O)Nc2nc(-c3ccc(F)cc3)c(C)s2)cc1OC. The molecule has 0 radical (unpaired) electrons. The number of hydrogen-bond acceptors (Lipinski definition) is 5. The van der Waals surface area contributed by atoms with Crippen molar-refractivity contribution in [2.75, 3.05) is 19.5 Å². The molecule has 1 heterocycles. The highest BCUT2D eigenvalue weighted by Gasteiger charge is 2.15. The zero-order valence-corrected chi connectivity index (χ0v) is 15.3. The standard InChI is InChI=1S/C19H17FN2O3S/c1-11-17(12-4-7-14(20)8-5-12)21-19(26-11)22-18(23)13-6-9-15(24-2)16(10-13)25-3/h4-10H,1-3H3,(H,21,22,23). The lowest BCUT2D eigenvalue weighted by atomic mass is 10.1. The summed E-state index contributed by atoms with van der Waals surface area (Å²) in [6.07, 6.45) is 0. The van der Waals surface area contributed by atoms with Gasteiger partial charge in [0.1, 0.15) is 5.82 Å². The van der Waals surface area contributed by atoms with Crippen molar-refractivity contribution < 1.29 is 18.7 Å². The molecule has 0 aliphatic heterocycles. The van der Waals surface area contributed by atoms with Crippen LogP contribution in [-0.2, 0) is 0 Å². The number of ether oxygens (including phenoxy) is 2. The Labute approximate surface area is 154 Å². The Bertz CT molecular complexity index is 938. The Morgan fingerprint density at radius 3 is 2.42 bits per heavy atom. The molecule has 3 aromatic rings. The number of nitrogens with zero attached hydrogens (tertiary/aromatic N) is 1. The number of aromatic nitrogens is 1. The smallest absolute Gasteiger partial charge is 0.257 e. The lowest BCUT2D eigenvalue weighted by molar-refractivity contribution is 0.102. The second kappa shape index (κ2) is 7.53. The number of amides is 1. The van der Waals surface area contributed by atoms with E-state index in [-0.39, 0.29) is 11.7 Å². The molecule has 1 aromatic heterocycles. The summed E-state index contributed by atoms with van der Waals surface area (Å²) in [7, 11) is 3.05. The topological polar surface area (TPSA) is 60.5 Å². The van der Waals surface area contributed by atoms with Crippen molar-refractivity contribution in [1.29, 1.82) is 0 Å². The number of rotatable bonds is 5. The van der Waals surface area contributed by atoms with Gasteiger partial charge in [0.2, 0.25) is 0 Å². The van der Waals surface area contributed by atoms with Gasteiger partial charge < -0.3 is 9.47 Å². The minimum absolute atomic E-state index is 0.301. The first-order chi connectivity index (χ1) is 12.5. The monoisotopic (exact) mass is 372 g/mol. The highest BCUT2D eigenvalue weighted by molar-refractivity contribution is 7.16. The summed E-state index contributed by atoms with van der Waals surface area (Å²) in [5.74, 6) is 0.421. The Balaban J connectivity index is 1.82. The van der Waals surface area contributed by atoms with Crippen molar-refractivity contribution in [3.63, 3.8) is 0 Å². The Morgan fingerprint density at radius 1 is 1.08 bits per heavy atom. The Kier molecular flexibility index (Phi) is 5.18. The molecule has 0 atom stereocenters. The van der Waals surface area contributed by atoms with Crippen molar-refractivity contribution in [3.05, 3.63) is 58.7 Å². The van der Waals surface area contributed by atoms with E-state index in [1.54, 1.807) is 30.3 Å². The molecule has 26 heavy (non-hydrogen) atoms. The van der Waals surface area contributed by atoms with Crippen LogP contribution in [-0.4, -0.2) is 25.1 Å². The van der Waals surface area contributed by atoms with Crippen LogP contribution in [0.1, 0.15) is 15.2 Å². The lowest BCUT2D eigenvalue weighted by Gasteiger charge is -2.09. The van der Waals surface area contributed by atoms with Crippen LogP contribution in [0.5, 0.6) is 11.5 Å². The minimum Gasteiger partial charge on any atom is -0.493 e. The van der Waals surface area contributed by atoms with E-state index in [2.05, 4.69) is 10.3 Å².